The summed E-state index contributed by atoms with van der Waals surface area (Å²) < 4.78 is 25.1. The summed E-state index contributed by atoms with van der Waals surface area (Å²) in [6.07, 6.45) is 6.87. The van der Waals surface area contributed by atoms with Gasteiger partial charge in [-0.05, 0) is 30.2 Å². The Labute approximate surface area is 158 Å². The quantitative estimate of drug-likeness (QED) is 0.773. The van der Waals surface area contributed by atoms with Gasteiger partial charge in [-0.2, -0.15) is 0 Å². The number of carbonyl (C=O) groups excluding carboxylic acids is 1. The molecule has 1 amide bonds. The minimum Gasteiger partial charge on any atom is -0.352 e. The third kappa shape index (κ3) is 3.46. The van der Waals surface area contributed by atoms with E-state index in [4.69, 9.17) is 0 Å². The van der Waals surface area contributed by atoms with Gasteiger partial charge in [-0.1, -0.05) is 0 Å². The minimum atomic E-state index is -3.28. The average molecular weight is 387 g/mol. The lowest BCUT2D eigenvalue weighted by atomic mass is 10.1. The summed E-state index contributed by atoms with van der Waals surface area (Å²) in [7, 11) is -3.28. The molecule has 3 heterocycles. The lowest BCUT2D eigenvalue weighted by molar-refractivity contribution is 0.0746. The highest BCUT2D eigenvalue weighted by Gasteiger charge is 2.28. The smallest absolute Gasteiger partial charge is 0.253 e. The van der Waals surface area contributed by atoms with E-state index < -0.39 is 10.0 Å². The number of aromatic nitrogens is 2. The highest BCUT2D eigenvalue weighted by Crippen LogP contribution is 2.31. The van der Waals surface area contributed by atoms with E-state index in [1.54, 1.807) is 30.7 Å². The molecule has 4 rings (SSSR count). The Bertz CT molecular complexity index is 956. The summed E-state index contributed by atoms with van der Waals surface area (Å²) in [5.74, 6) is 0.803. The number of hydrogen-bond acceptors (Lipinski definition) is 6. The Balaban J connectivity index is 1.45. The van der Waals surface area contributed by atoms with Crippen molar-refractivity contribution in [3.05, 3.63) is 47.9 Å². The van der Waals surface area contributed by atoms with Gasteiger partial charge in [-0.15, -0.1) is 0 Å². The molecule has 0 bridgehead atoms. The number of nitrogens with zero attached hydrogens (tertiary/aromatic N) is 5. The van der Waals surface area contributed by atoms with E-state index in [0.717, 1.165) is 11.4 Å². The van der Waals surface area contributed by atoms with Gasteiger partial charge in [0.05, 0.1) is 18.1 Å². The number of carbonyl (C=O) groups is 1. The molecule has 1 fully saturated rings. The van der Waals surface area contributed by atoms with Crippen molar-refractivity contribution in [2.24, 2.45) is 0 Å². The number of rotatable bonds is 3. The molecule has 9 heteroatoms. The standard InChI is InChI=1S/C18H21N5O3S/c1-27(25,26)23-7-4-14-12-15(2-3-16(14)23)18(24)22-10-8-21(9-11-22)17-13-19-5-6-20-17/h2-3,5-6,12-13H,4,7-11H2,1H3. The van der Waals surface area contributed by atoms with Crippen LogP contribution in [-0.4, -0.2) is 68.2 Å². The van der Waals surface area contributed by atoms with E-state index in [2.05, 4.69) is 14.9 Å². The van der Waals surface area contributed by atoms with Crippen LogP contribution in [0, 0.1) is 0 Å². The lowest BCUT2D eigenvalue weighted by Crippen LogP contribution is -2.49. The van der Waals surface area contributed by atoms with Crippen molar-refractivity contribution in [2.45, 2.75) is 6.42 Å². The normalized spacial score (nSPS) is 17.1. The molecule has 0 saturated carbocycles. The summed E-state index contributed by atoms with van der Waals surface area (Å²) in [4.78, 5) is 25.2. The van der Waals surface area contributed by atoms with Crippen molar-refractivity contribution in [1.29, 1.82) is 0 Å². The molecule has 0 spiro atoms. The number of piperazine rings is 1. The monoisotopic (exact) mass is 387 g/mol. The Kier molecular flexibility index (Phi) is 4.47. The number of fused-ring (bicyclic) bond motifs is 1. The van der Waals surface area contributed by atoms with Gasteiger partial charge in [0.15, 0.2) is 0 Å². The maximum absolute atomic E-state index is 12.9. The zero-order valence-electron chi connectivity index (χ0n) is 15.1. The van der Waals surface area contributed by atoms with Crippen LogP contribution in [0.2, 0.25) is 0 Å². The van der Waals surface area contributed by atoms with Crippen LogP contribution in [-0.2, 0) is 16.4 Å². The second-order valence-corrected chi connectivity index (χ2v) is 8.68. The van der Waals surface area contributed by atoms with Crippen LogP contribution < -0.4 is 9.21 Å². The second-order valence-electron chi connectivity index (χ2n) is 6.77. The molecule has 2 aliphatic heterocycles. The largest absolute Gasteiger partial charge is 0.352 e. The van der Waals surface area contributed by atoms with Gasteiger partial charge in [0.2, 0.25) is 10.0 Å². The molecule has 0 unspecified atom stereocenters. The number of benzene rings is 1. The summed E-state index contributed by atoms with van der Waals surface area (Å²) in [5.41, 5.74) is 2.20. The van der Waals surface area contributed by atoms with E-state index in [-0.39, 0.29) is 5.91 Å². The van der Waals surface area contributed by atoms with Gasteiger partial charge in [0.1, 0.15) is 5.82 Å². The van der Waals surface area contributed by atoms with Crippen molar-refractivity contribution >= 4 is 27.4 Å². The van der Waals surface area contributed by atoms with Crippen molar-refractivity contribution < 1.29 is 13.2 Å². The van der Waals surface area contributed by atoms with Crippen LogP contribution >= 0.6 is 0 Å². The lowest BCUT2D eigenvalue weighted by Gasteiger charge is -2.35. The van der Waals surface area contributed by atoms with Crippen LogP contribution in [0.1, 0.15) is 15.9 Å². The number of amides is 1. The molecular formula is C18H21N5O3S. The van der Waals surface area contributed by atoms with Crippen molar-refractivity contribution in [3.8, 4) is 0 Å². The molecule has 0 N–H and O–H groups in total. The Morgan fingerprint density at radius 2 is 1.85 bits per heavy atom. The van der Waals surface area contributed by atoms with E-state index in [1.807, 2.05) is 11.0 Å². The Morgan fingerprint density at radius 1 is 1.07 bits per heavy atom. The molecule has 1 aromatic heterocycles. The number of hydrogen-bond donors (Lipinski definition) is 0. The zero-order valence-corrected chi connectivity index (χ0v) is 15.9. The Hall–Kier alpha value is -2.68. The first-order valence-electron chi connectivity index (χ1n) is 8.84. The SMILES string of the molecule is CS(=O)(=O)N1CCc2cc(C(=O)N3CCN(c4cnccn4)CC3)ccc21. The first-order valence-corrected chi connectivity index (χ1v) is 10.7. The topological polar surface area (TPSA) is 86.7 Å². The maximum Gasteiger partial charge on any atom is 0.253 e. The van der Waals surface area contributed by atoms with Gasteiger partial charge in [-0.25, -0.2) is 13.4 Å². The summed E-state index contributed by atoms with van der Waals surface area (Å²) >= 11 is 0. The molecule has 0 radical (unpaired) electrons. The summed E-state index contributed by atoms with van der Waals surface area (Å²) in [6, 6.07) is 5.30. The number of anilines is 2. The van der Waals surface area contributed by atoms with Crippen LogP contribution in [0.5, 0.6) is 0 Å². The second kappa shape index (κ2) is 6.80. The van der Waals surface area contributed by atoms with Crippen LogP contribution in [0.25, 0.3) is 0 Å². The molecule has 2 aliphatic rings. The molecule has 1 saturated heterocycles. The molecule has 0 atom stereocenters. The van der Waals surface area contributed by atoms with Gasteiger partial charge >= 0.3 is 0 Å². The van der Waals surface area contributed by atoms with Crippen LogP contribution in [0.4, 0.5) is 11.5 Å². The van der Waals surface area contributed by atoms with Crippen molar-refractivity contribution in [3.63, 3.8) is 0 Å². The van der Waals surface area contributed by atoms with E-state index in [0.29, 0.717) is 50.4 Å². The zero-order chi connectivity index (χ0) is 19.0. The molecule has 142 valence electrons. The van der Waals surface area contributed by atoms with Crippen LogP contribution in [0.15, 0.2) is 36.8 Å². The van der Waals surface area contributed by atoms with Crippen molar-refractivity contribution in [1.82, 2.24) is 14.9 Å². The highest BCUT2D eigenvalue weighted by atomic mass is 32.2. The third-order valence-corrected chi connectivity index (χ3v) is 6.20. The van der Waals surface area contributed by atoms with E-state index >= 15 is 0 Å². The minimum absolute atomic E-state index is 0.0191. The van der Waals surface area contributed by atoms with E-state index in [9.17, 15) is 13.2 Å². The van der Waals surface area contributed by atoms with Gasteiger partial charge in [0.25, 0.3) is 5.91 Å². The fourth-order valence-corrected chi connectivity index (χ4v) is 4.58. The van der Waals surface area contributed by atoms with Crippen molar-refractivity contribution in [2.75, 3.05) is 48.2 Å². The first-order chi connectivity index (χ1) is 12.9. The maximum atomic E-state index is 12.9. The van der Waals surface area contributed by atoms with E-state index in [1.165, 1.54) is 10.6 Å². The first kappa shape index (κ1) is 17.7. The predicted molar refractivity (Wildman–Crippen MR) is 102 cm³/mol. The number of sulfonamides is 1. The summed E-state index contributed by atoms with van der Waals surface area (Å²) in [5, 5.41) is 0. The predicted octanol–water partition coefficient (Wildman–Crippen LogP) is 0.761. The Morgan fingerprint density at radius 3 is 2.52 bits per heavy atom. The molecule has 1 aromatic carbocycles. The van der Waals surface area contributed by atoms with Gasteiger partial charge < -0.3 is 9.80 Å². The highest BCUT2D eigenvalue weighted by molar-refractivity contribution is 7.92. The summed E-state index contributed by atoms with van der Waals surface area (Å²) in [6.45, 7) is 3.07. The fraction of sp³-hybridized carbons (Fsp3) is 0.389. The van der Waals surface area contributed by atoms with Gasteiger partial charge in [-0.3, -0.25) is 14.1 Å². The molecular weight excluding hydrogens is 366 g/mol. The third-order valence-electron chi connectivity index (χ3n) is 5.02. The molecule has 8 nitrogen and oxygen atoms in total. The molecule has 27 heavy (non-hydrogen) atoms. The van der Waals surface area contributed by atoms with Gasteiger partial charge in [0, 0.05) is 50.7 Å². The van der Waals surface area contributed by atoms with Crippen LogP contribution in [0.3, 0.4) is 0 Å². The molecule has 2 aromatic rings. The average Bonchev–Trinajstić information content (AvgIpc) is 3.12. The molecule has 0 aliphatic carbocycles. The fourth-order valence-electron chi connectivity index (χ4n) is 3.62.